The molecule has 9 heteroatoms. The second-order valence-corrected chi connectivity index (χ2v) is 10.1. The first-order valence-corrected chi connectivity index (χ1v) is 11.8. The molecule has 0 spiro atoms. The van der Waals surface area contributed by atoms with E-state index in [0.717, 1.165) is 18.8 Å². The number of nitrogens with one attached hydrogen (secondary N) is 2. The standard InChI is InChI=1S/C26H30FN7O/c1-6-33-23(35)18-14-29-24(30-17-10-11-19-16(12-17)13-28-15-25(19,2)3)32-22(18)34(33)21-9-7-8-20(31-21)26(4,5)27/h7-12,14,28H,6,13,15H2,1-5H3,(H,29,30,32). The Kier molecular flexibility index (Phi) is 5.47. The van der Waals surface area contributed by atoms with Crippen LogP contribution in [0.25, 0.3) is 16.9 Å². The van der Waals surface area contributed by atoms with E-state index in [1.54, 1.807) is 22.9 Å². The second kappa shape index (κ2) is 8.27. The van der Waals surface area contributed by atoms with Crippen molar-refractivity contribution in [2.45, 2.75) is 58.8 Å². The van der Waals surface area contributed by atoms with E-state index in [9.17, 15) is 9.18 Å². The molecule has 5 rings (SSSR count). The average Bonchev–Trinajstić information content (AvgIpc) is 3.09. The van der Waals surface area contributed by atoms with Crippen LogP contribution in [0.15, 0.2) is 47.4 Å². The third-order valence-corrected chi connectivity index (χ3v) is 6.51. The number of hydrogen-bond acceptors (Lipinski definition) is 6. The Bertz CT molecular complexity index is 1480. The topological polar surface area (TPSA) is 89.7 Å². The van der Waals surface area contributed by atoms with E-state index in [0.29, 0.717) is 29.3 Å². The van der Waals surface area contributed by atoms with Crippen molar-refractivity contribution < 1.29 is 4.39 Å². The molecular weight excluding hydrogens is 445 g/mol. The Morgan fingerprint density at radius 2 is 2.00 bits per heavy atom. The number of aromatic nitrogens is 5. The lowest BCUT2D eigenvalue weighted by Gasteiger charge is -2.33. The van der Waals surface area contributed by atoms with Crippen LogP contribution in [0.5, 0.6) is 0 Å². The molecule has 0 saturated heterocycles. The van der Waals surface area contributed by atoms with Crippen LogP contribution < -0.4 is 16.2 Å². The van der Waals surface area contributed by atoms with Crippen LogP contribution in [-0.2, 0) is 24.2 Å². The fourth-order valence-electron chi connectivity index (χ4n) is 4.69. The first-order chi connectivity index (χ1) is 16.6. The molecule has 3 aromatic heterocycles. The number of fused-ring (bicyclic) bond motifs is 2. The number of alkyl halides is 1. The van der Waals surface area contributed by atoms with E-state index < -0.39 is 5.67 Å². The Morgan fingerprint density at radius 1 is 1.20 bits per heavy atom. The summed E-state index contributed by atoms with van der Waals surface area (Å²) >= 11 is 0. The van der Waals surface area contributed by atoms with Crippen molar-refractivity contribution in [1.29, 1.82) is 0 Å². The maximum absolute atomic E-state index is 14.6. The largest absolute Gasteiger partial charge is 0.324 e. The highest BCUT2D eigenvalue weighted by Gasteiger charge is 2.27. The molecule has 4 heterocycles. The van der Waals surface area contributed by atoms with Crippen LogP contribution in [0.3, 0.4) is 0 Å². The molecule has 0 saturated carbocycles. The molecule has 0 amide bonds. The lowest BCUT2D eigenvalue weighted by Crippen LogP contribution is -2.38. The predicted octanol–water partition coefficient (Wildman–Crippen LogP) is 4.33. The molecule has 1 aromatic carbocycles. The Hall–Kier alpha value is -3.59. The van der Waals surface area contributed by atoms with Crippen molar-refractivity contribution in [3.05, 3.63) is 69.8 Å². The molecule has 1 aliphatic rings. The van der Waals surface area contributed by atoms with Gasteiger partial charge in [-0.3, -0.25) is 4.79 Å². The first kappa shape index (κ1) is 23.2. The number of anilines is 2. The number of rotatable bonds is 5. The molecule has 0 fully saturated rings. The SMILES string of the molecule is CCn1c(=O)c2cnc(Nc3ccc4c(c3)CNCC4(C)C)nc2n1-c1cccc(C(C)(C)F)n1. The summed E-state index contributed by atoms with van der Waals surface area (Å²) in [5.41, 5.74) is 2.35. The lowest BCUT2D eigenvalue weighted by atomic mass is 9.79. The first-order valence-electron chi connectivity index (χ1n) is 11.8. The number of pyridine rings is 1. The minimum Gasteiger partial charge on any atom is -0.324 e. The van der Waals surface area contributed by atoms with Crippen LogP contribution in [-0.4, -0.2) is 30.9 Å². The Balaban J connectivity index is 1.59. The third-order valence-electron chi connectivity index (χ3n) is 6.51. The van der Waals surface area contributed by atoms with Gasteiger partial charge in [-0.2, -0.15) is 4.98 Å². The van der Waals surface area contributed by atoms with Gasteiger partial charge in [0.15, 0.2) is 11.5 Å². The summed E-state index contributed by atoms with van der Waals surface area (Å²) in [6.45, 7) is 11.4. The summed E-state index contributed by atoms with van der Waals surface area (Å²) in [6, 6.07) is 11.4. The summed E-state index contributed by atoms with van der Waals surface area (Å²) in [5.74, 6) is 0.790. The summed E-state index contributed by atoms with van der Waals surface area (Å²) in [4.78, 5) is 26.6. The second-order valence-electron chi connectivity index (χ2n) is 10.1. The van der Waals surface area contributed by atoms with Crippen molar-refractivity contribution in [1.82, 2.24) is 29.6 Å². The molecule has 2 N–H and O–H groups in total. The molecule has 0 bridgehead atoms. The average molecular weight is 476 g/mol. The van der Waals surface area contributed by atoms with E-state index in [1.807, 2.05) is 13.0 Å². The molecule has 4 aromatic rings. The van der Waals surface area contributed by atoms with Gasteiger partial charge in [0.05, 0.1) is 5.69 Å². The zero-order chi connectivity index (χ0) is 25.0. The van der Waals surface area contributed by atoms with E-state index in [4.69, 9.17) is 0 Å². The van der Waals surface area contributed by atoms with Crippen LogP contribution in [0.4, 0.5) is 16.0 Å². The minimum atomic E-state index is -1.62. The molecule has 1 aliphatic heterocycles. The molecule has 0 unspecified atom stereocenters. The summed E-state index contributed by atoms with van der Waals surface area (Å²) in [7, 11) is 0. The van der Waals surface area contributed by atoms with Crippen LogP contribution >= 0.6 is 0 Å². The lowest BCUT2D eigenvalue weighted by molar-refractivity contribution is 0.214. The van der Waals surface area contributed by atoms with E-state index >= 15 is 0 Å². The molecule has 35 heavy (non-hydrogen) atoms. The van der Waals surface area contributed by atoms with Crippen LogP contribution in [0.1, 0.15) is 51.4 Å². The molecule has 182 valence electrons. The number of benzene rings is 1. The van der Waals surface area contributed by atoms with Crippen molar-refractivity contribution in [3.63, 3.8) is 0 Å². The van der Waals surface area contributed by atoms with Crippen molar-refractivity contribution in [3.8, 4) is 5.82 Å². The van der Waals surface area contributed by atoms with Crippen LogP contribution in [0, 0.1) is 0 Å². The molecule has 0 atom stereocenters. The summed E-state index contributed by atoms with van der Waals surface area (Å²) < 4.78 is 17.8. The Labute approximate surface area is 203 Å². The van der Waals surface area contributed by atoms with Crippen molar-refractivity contribution in [2.24, 2.45) is 0 Å². The maximum atomic E-state index is 14.6. The Morgan fingerprint density at radius 3 is 2.74 bits per heavy atom. The zero-order valence-electron chi connectivity index (χ0n) is 20.7. The van der Waals surface area contributed by atoms with Gasteiger partial charge >= 0.3 is 0 Å². The quantitative estimate of drug-likeness (QED) is 0.447. The zero-order valence-corrected chi connectivity index (χ0v) is 20.7. The molecule has 0 aliphatic carbocycles. The van der Waals surface area contributed by atoms with Gasteiger partial charge in [0.1, 0.15) is 11.1 Å². The molecule has 0 radical (unpaired) electrons. The fraction of sp³-hybridized carbons (Fsp3) is 0.385. The van der Waals surface area contributed by atoms with Gasteiger partial charge in [-0.1, -0.05) is 26.0 Å². The fourth-order valence-corrected chi connectivity index (χ4v) is 4.69. The van der Waals surface area contributed by atoms with Gasteiger partial charge in [-0.15, -0.1) is 0 Å². The van der Waals surface area contributed by atoms with Gasteiger partial charge in [0.2, 0.25) is 5.95 Å². The van der Waals surface area contributed by atoms with Gasteiger partial charge in [-0.25, -0.2) is 23.7 Å². The smallest absolute Gasteiger partial charge is 0.278 e. The normalized spacial score (nSPS) is 15.3. The van der Waals surface area contributed by atoms with Crippen molar-refractivity contribution in [2.75, 3.05) is 11.9 Å². The number of hydrogen-bond donors (Lipinski definition) is 2. The predicted molar refractivity (Wildman–Crippen MR) is 135 cm³/mol. The van der Waals surface area contributed by atoms with Gasteiger partial charge in [0.25, 0.3) is 5.56 Å². The highest BCUT2D eigenvalue weighted by molar-refractivity contribution is 5.77. The minimum absolute atomic E-state index is 0.0658. The van der Waals surface area contributed by atoms with Gasteiger partial charge in [-0.05, 0) is 56.2 Å². The monoisotopic (exact) mass is 475 g/mol. The van der Waals surface area contributed by atoms with Crippen molar-refractivity contribution >= 4 is 22.7 Å². The molecule has 8 nitrogen and oxygen atoms in total. The summed E-state index contributed by atoms with van der Waals surface area (Å²) in [6.07, 6.45) is 1.53. The van der Waals surface area contributed by atoms with Crippen LogP contribution in [0.2, 0.25) is 0 Å². The van der Waals surface area contributed by atoms with Gasteiger partial charge < -0.3 is 10.6 Å². The highest BCUT2D eigenvalue weighted by atomic mass is 19.1. The van der Waals surface area contributed by atoms with E-state index in [1.165, 1.54) is 35.9 Å². The highest BCUT2D eigenvalue weighted by Crippen LogP contribution is 2.32. The van der Waals surface area contributed by atoms with E-state index in [2.05, 4.69) is 51.6 Å². The third kappa shape index (κ3) is 4.10. The summed E-state index contributed by atoms with van der Waals surface area (Å²) in [5, 5.41) is 7.12. The number of halogens is 1. The molecular formula is C26H30FN7O. The van der Waals surface area contributed by atoms with Gasteiger partial charge in [0, 0.05) is 36.9 Å². The maximum Gasteiger partial charge on any atom is 0.278 e. The number of nitrogens with zero attached hydrogens (tertiary/aromatic N) is 5. The van der Waals surface area contributed by atoms with E-state index in [-0.39, 0.29) is 16.7 Å².